The van der Waals surface area contributed by atoms with Crippen LogP contribution < -0.4 is 4.74 Å². The number of hydrogen-bond donors (Lipinski definition) is 0. The van der Waals surface area contributed by atoms with Crippen LogP contribution in [0, 0.1) is 52.3 Å². The molecule has 3 fully saturated rings. The van der Waals surface area contributed by atoms with Gasteiger partial charge in [-0.05, 0) is 145 Å². The fourth-order valence-corrected chi connectivity index (χ4v) is 12.6. The summed E-state index contributed by atoms with van der Waals surface area (Å²) in [5, 5.41) is 0. The predicted octanol–water partition coefficient (Wildman–Crippen LogP) is 15.4. The first-order chi connectivity index (χ1) is 29.4. The number of unbranched alkanes of at least 4 members (excludes halogenated alkanes) is 7. The lowest BCUT2D eigenvalue weighted by Gasteiger charge is -2.58. The first kappa shape index (κ1) is 47.4. The van der Waals surface area contributed by atoms with Crippen LogP contribution in [0.2, 0.25) is 0 Å². The third-order valence-electron chi connectivity index (χ3n) is 16.6. The maximum atomic E-state index is 12.9. The molecule has 0 N–H and O–H groups in total. The molecule has 0 bridgehead atoms. The van der Waals surface area contributed by atoms with Crippen molar-refractivity contribution in [2.24, 2.45) is 52.3 Å². The van der Waals surface area contributed by atoms with E-state index in [1.807, 2.05) is 36.4 Å². The van der Waals surface area contributed by atoms with Crippen LogP contribution in [0.25, 0.3) is 11.1 Å². The molecule has 6 rings (SSSR count). The molecule has 338 valence electrons. The lowest BCUT2D eigenvalue weighted by molar-refractivity contribution is -0.151. The number of allylic oxidation sites excluding steroid dienone is 1. The fourth-order valence-electron chi connectivity index (χ4n) is 12.6. The average Bonchev–Trinajstić information content (AvgIpc) is 3.62. The van der Waals surface area contributed by atoms with Gasteiger partial charge in [0.25, 0.3) is 0 Å². The molecule has 4 aliphatic carbocycles. The minimum absolute atomic E-state index is 0.0237. The summed E-state index contributed by atoms with van der Waals surface area (Å²) < 4.78 is 17.6. The van der Waals surface area contributed by atoms with Crippen molar-refractivity contribution in [3.8, 4) is 16.9 Å². The van der Waals surface area contributed by atoms with Crippen molar-refractivity contribution in [1.29, 1.82) is 0 Å². The number of esters is 2. The van der Waals surface area contributed by atoms with Crippen LogP contribution >= 0.6 is 0 Å². The Labute approximate surface area is 371 Å². The van der Waals surface area contributed by atoms with Gasteiger partial charge in [-0.25, -0.2) is 4.79 Å². The number of carbonyl (C=O) groups is 2. The highest BCUT2D eigenvalue weighted by atomic mass is 16.5. The molecule has 2 aromatic carbocycles. The van der Waals surface area contributed by atoms with Crippen molar-refractivity contribution < 1.29 is 23.8 Å². The molecule has 0 unspecified atom stereocenters. The molecule has 0 amide bonds. The molecular formula is C56H84O5. The van der Waals surface area contributed by atoms with Gasteiger partial charge in [-0.1, -0.05) is 149 Å². The SMILES string of the molecule is CC[C@H](C)COC(=O)c1ccc(-c2ccc(OCCCCCCCCCCC(=O)O[C@H]3CC[C@@]4(C)C(=CC[C@H]5[C@@H]6CC[C@H]([C@H](C)CCCC(C)C)[C@@]6(C)CC[C@@H]54)C3)cc2)cc1. The number of fused-ring (bicyclic) bond motifs is 5. The topological polar surface area (TPSA) is 61.8 Å². The van der Waals surface area contributed by atoms with E-state index in [0.29, 0.717) is 35.3 Å². The van der Waals surface area contributed by atoms with Crippen LogP contribution in [-0.4, -0.2) is 31.3 Å². The second-order valence-corrected chi connectivity index (χ2v) is 21.3. The summed E-state index contributed by atoms with van der Waals surface area (Å²) in [4.78, 5) is 25.3. The molecule has 0 heterocycles. The van der Waals surface area contributed by atoms with Crippen molar-refractivity contribution in [2.75, 3.05) is 13.2 Å². The van der Waals surface area contributed by atoms with Crippen molar-refractivity contribution in [1.82, 2.24) is 0 Å². The Kier molecular flexibility index (Phi) is 17.5. The van der Waals surface area contributed by atoms with Gasteiger partial charge in [-0.2, -0.15) is 0 Å². The predicted molar refractivity (Wildman–Crippen MR) is 252 cm³/mol. The van der Waals surface area contributed by atoms with Gasteiger partial charge in [0, 0.05) is 12.8 Å². The standard InChI is InChI=1S/C56H84O5/c1-8-41(4)39-60-54(58)45-23-21-43(22-24-45)44-25-28-47(29-26-44)59-37-16-14-12-10-9-11-13-15-20-53(57)61-48-33-35-55(6)46(38-48)27-30-49-51-32-31-50(42(5)19-17-18-40(2)3)56(51,7)36-34-52(49)55/h21-29,40-42,48-52H,8-20,30-39H2,1-7H3/t41-,42+,48-,49-,50+,51-,52-,55-,56+/m0/s1. The van der Waals surface area contributed by atoms with Crippen LogP contribution in [0.15, 0.2) is 60.2 Å². The fraction of sp³-hybridized carbons (Fsp3) is 0.714. The smallest absolute Gasteiger partial charge is 0.338 e. The summed E-state index contributed by atoms with van der Waals surface area (Å²) >= 11 is 0. The van der Waals surface area contributed by atoms with Crippen LogP contribution in [0.1, 0.15) is 194 Å². The summed E-state index contributed by atoms with van der Waals surface area (Å²) in [6, 6.07) is 15.8. The number of hydrogen-bond acceptors (Lipinski definition) is 5. The molecule has 0 saturated heterocycles. The van der Waals surface area contributed by atoms with Gasteiger partial charge in [-0.3, -0.25) is 4.79 Å². The molecule has 3 saturated carbocycles. The molecule has 0 aliphatic heterocycles. The van der Waals surface area contributed by atoms with E-state index < -0.39 is 0 Å². The molecule has 0 aromatic heterocycles. The molecular weight excluding hydrogens is 753 g/mol. The second-order valence-electron chi connectivity index (χ2n) is 21.3. The minimum atomic E-state index is -0.263. The Balaban J connectivity index is 0.800. The Hall–Kier alpha value is -3.08. The maximum Gasteiger partial charge on any atom is 0.338 e. The zero-order valence-electron chi connectivity index (χ0n) is 39.6. The third kappa shape index (κ3) is 12.3. The van der Waals surface area contributed by atoms with Gasteiger partial charge in [0.15, 0.2) is 0 Å². The highest BCUT2D eigenvalue weighted by molar-refractivity contribution is 5.90. The molecule has 5 heteroatoms. The molecule has 2 aromatic rings. The maximum absolute atomic E-state index is 12.9. The number of rotatable bonds is 23. The van der Waals surface area contributed by atoms with Gasteiger partial charge in [0.1, 0.15) is 11.9 Å². The van der Waals surface area contributed by atoms with E-state index in [2.05, 4.69) is 66.7 Å². The number of ether oxygens (including phenoxy) is 3. The molecule has 4 aliphatic rings. The van der Waals surface area contributed by atoms with Crippen molar-refractivity contribution in [3.05, 3.63) is 65.7 Å². The Morgan fingerprint density at radius 2 is 1.41 bits per heavy atom. The monoisotopic (exact) mass is 837 g/mol. The van der Waals surface area contributed by atoms with E-state index in [-0.39, 0.29) is 18.0 Å². The van der Waals surface area contributed by atoms with Gasteiger partial charge >= 0.3 is 11.9 Å². The van der Waals surface area contributed by atoms with Crippen molar-refractivity contribution in [3.63, 3.8) is 0 Å². The Morgan fingerprint density at radius 3 is 2.10 bits per heavy atom. The van der Waals surface area contributed by atoms with Gasteiger partial charge < -0.3 is 14.2 Å². The zero-order chi connectivity index (χ0) is 43.4. The molecule has 9 atom stereocenters. The van der Waals surface area contributed by atoms with E-state index in [0.717, 1.165) is 97.5 Å². The van der Waals surface area contributed by atoms with E-state index in [9.17, 15) is 9.59 Å². The molecule has 61 heavy (non-hydrogen) atoms. The van der Waals surface area contributed by atoms with E-state index in [4.69, 9.17) is 14.2 Å². The van der Waals surface area contributed by atoms with E-state index in [1.165, 1.54) is 89.9 Å². The second kappa shape index (κ2) is 22.5. The Bertz CT molecular complexity index is 1690. The zero-order valence-corrected chi connectivity index (χ0v) is 39.6. The molecule has 5 nitrogen and oxygen atoms in total. The van der Waals surface area contributed by atoms with E-state index in [1.54, 1.807) is 5.57 Å². The third-order valence-corrected chi connectivity index (χ3v) is 16.6. The number of carbonyl (C=O) groups excluding carboxylic acids is 2. The van der Waals surface area contributed by atoms with Crippen molar-refractivity contribution >= 4 is 11.9 Å². The lowest BCUT2D eigenvalue weighted by Crippen LogP contribution is -2.51. The largest absolute Gasteiger partial charge is 0.494 e. The van der Waals surface area contributed by atoms with Gasteiger partial charge in [0.05, 0.1) is 18.8 Å². The van der Waals surface area contributed by atoms with Gasteiger partial charge in [-0.15, -0.1) is 0 Å². The first-order valence-electron chi connectivity index (χ1n) is 25.3. The molecule has 0 radical (unpaired) electrons. The normalized spacial score (nSPS) is 27.9. The lowest BCUT2D eigenvalue weighted by atomic mass is 9.47. The average molecular weight is 837 g/mol. The summed E-state index contributed by atoms with van der Waals surface area (Å²) in [5.74, 6) is 6.16. The summed E-state index contributed by atoms with van der Waals surface area (Å²) in [7, 11) is 0. The van der Waals surface area contributed by atoms with E-state index >= 15 is 0 Å². The Morgan fingerprint density at radius 1 is 0.738 bits per heavy atom. The quantitative estimate of drug-likeness (QED) is 0.0634. The summed E-state index contributed by atoms with van der Waals surface area (Å²) in [5.41, 5.74) is 5.20. The first-order valence-corrected chi connectivity index (χ1v) is 25.3. The molecule has 0 spiro atoms. The summed E-state index contributed by atoms with van der Waals surface area (Å²) in [6.45, 7) is 18.0. The van der Waals surface area contributed by atoms with Crippen LogP contribution in [0.5, 0.6) is 5.75 Å². The van der Waals surface area contributed by atoms with Gasteiger partial charge in [0.2, 0.25) is 0 Å². The highest BCUT2D eigenvalue weighted by Gasteiger charge is 2.59. The van der Waals surface area contributed by atoms with Crippen LogP contribution in [0.4, 0.5) is 0 Å². The summed E-state index contributed by atoms with van der Waals surface area (Å²) in [6.07, 6.45) is 27.8. The number of benzene rings is 2. The van der Waals surface area contributed by atoms with Crippen molar-refractivity contribution in [2.45, 2.75) is 189 Å². The van der Waals surface area contributed by atoms with Crippen LogP contribution in [0.3, 0.4) is 0 Å². The highest BCUT2D eigenvalue weighted by Crippen LogP contribution is 2.67. The van der Waals surface area contributed by atoms with Crippen LogP contribution in [-0.2, 0) is 14.3 Å². The minimum Gasteiger partial charge on any atom is -0.494 e.